The van der Waals surface area contributed by atoms with Gasteiger partial charge in [0.1, 0.15) is 5.82 Å². The minimum Gasteiger partial charge on any atom is -0.379 e. The fourth-order valence-electron chi connectivity index (χ4n) is 1.33. The molecular weight excluding hydrogens is 271 g/mol. The van der Waals surface area contributed by atoms with Crippen molar-refractivity contribution in [2.24, 2.45) is 0 Å². The van der Waals surface area contributed by atoms with Crippen molar-refractivity contribution in [3.63, 3.8) is 0 Å². The summed E-state index contributed by atoms with van der Waals surface area (Å²) in [4.78, 5) is 3.99. The highest BCUT2D eigenvalue weighted by Gasteiger charge is 2.01. The molecule has 1 N–H and O–H groups in total. The van der Waals surface area contributed by atoms with Gasteiger partial charge in [-0.3, -0.25) is 4.98 Å². The van der Waals surface area contributed by atoms with E-state index in [-0.39, 0.29) is 5.82 Å². The number of hydrogen-bond acceptors (Lipinski definition) is 2. The SMILES string of the molecule is Fc1ccc(Br)cc1NCc1cccnc1. The van der Waals surface area contributed by atoms with Crippen LogP contribution in [-0.4, -0.2) is 4.98 Å². The third kappa shape index (κ3) is 2.79. The molecule has 1 aromatic carbocycles. The topological polar surface area (TPSA) is 24.9 Å². The van der Waals surface area contributed by atoms with Crippen LogP contribution in [0.5, 0.6) is 0 Å². The monoisotopic (exact) mass is 280 g/mol. The van der Waals surface area contributed by atoms with E-state index >= 15 is 0 Å². The third-order valence-electron chi connectivity index (χ3n) is 2.13. The maximum Gasteiger partial charge on any atom is 0.146 e. The largest absolute Gasteiger partial charge is 0.379 e. The van der Waals surface area contributed by atoms with Crippen molar-refractivity contribution < 1.29 is 4.39 Å². The quantitative estimate of drug-likeness (QED) is 0.929. The van der Waals surface area contributed by atoms with Crippen LogP contribution in [0.2, 0.25) is 0 Å². The highest BCUT2D eigenvalue weighted by atomic mass is 79.9. The standard InChI is InChI=1S/C12H10BrFN2/c13-10-3-4-11(14)12(6-10)16-8-9-2-1-5-15-7-9/h1-7,16H,8H2. The van der Waals surface area contributed by atoms with Crippen LogP contribution in [0.3, 0.4) is 0 Å². The molecule has 2 rings (SSSR count). The molecule has 0 fully saturated rings. The molecule has 2 nitrogen and oxygen atoms in total. The van der Waals surface area contributed by atoms with Gasteiger partial charge in [-0.2, -0.15) is 0 Å². The summed E-state index contributed by atoms with van der Waals surface area (Å²) >= 11 is 3.30. The van der Waals surface area contributed by atoms with Crippen LogP contribution >= 0.6 is 15.9 Å². The molecule has 0 atom stereocenters. The van der Waals surface area contributed by atoms with Crippen molar-refractivity contribution >= 4 is 21.6 Å². The Kier molecular flexibility index (Phi) is 3.51. The second-order valence-corrected chi connectivity index (χ2v) is 4.25. The first-order chi connectivity index (χ1) is 7.75. The summed E-state index contributed by atoms with van der Waals surface area (Å²) in [6.45, 7) is 0.557. The molecule has 0 aliphatic rings. The molecule has 16 heavy (non-hydrogen) atoms. The lowest BCUT2D eigenvalue weighted by atomic mass is 10.2. The van der Waals surface area contributed by atoms with E-state index in [0.717, 1.165) is 10.0 Å². The number of rotatable bonds is 3. The van der Waals surface area contributed by atoms with E-state index in [4.69, 9.17) is 0 Å². The molecular formula is C12H10BrFN2. The van der Waals surface area contributed by atoms with Crippen molar-refractivity contribution in [3.8, 4) is 0 Å². The van der Waals surface area contributed by atoms with Gasteiger partial charge in [-0.05, 0) is 29.8 Å². The van der Waals surface area contributed by atoms with Gasteiger partial charge in [-0.15, -0.1) is 0 Å². The van der Waals surface area contributed by atoms with Gasteiger partial charge in [0.15, 0.2) is 0 Å². The van der Waals surface area contributed by atoms with Crippen molar-refractivity contribution in [1.29, 1.82) is 0 Å². The van der Waals surface area contributed by atoms with Crippen LogP contribution < -0.4 is 5.32 Å². The zero-order chi connectivity index (χ0) is 11.4. The predicted molar refractivity (Wildman–Crippen MR) is 65.7 cm³/mol. The second-order valence-electron chi connectivity index (χ2n) is 3.34. The summed E-state index contributed by atoms with van der Waals surface area (Å²) in [6.07, 6.45) is 3.46. The molecule has 0 unspecified atom stereocenters. The number of anilines is 1. The highest BCUT2D eigenvalue weighted by Crippen LogP contribution is 2.20. The molecule has 0 bridgehead atoms. The van der Waals surface area contributed by atoms with Crippen LogP contribution in [-0.2, 0) is 6.54 Å². The molecule has 4 heteroatoms. The second kappa shape index (κ2) is 5.07. The van der Waals surface area contributed by atoms with Gasteiger partial charge in [0, 0.05) is 23.4 Å². The Hall–Kier alpha value is -1.42. The van der Waals surface area contributed by atoms with Gasteiger partial charge in [0.25, 0.3) is 0 Å². The van der Waals surface area contributed by atoms with Crippen LogP contribution in [0.1, 0.15) is 5.56 Å². The maximum atomic E-state index is 13.4. The fraction of sp³-hybridized carbons (Fsp3) is 0.0833. The maximum absolute atomic E-state index is 13.4. The Morgan fingerprint density at radius 1 is 1.31 bits per heavy atom. The number of halogens is 2. The number of nitrogens with zero attached hydrogens (tertiary/aromatic N) is 1. The lowest BCUT2D eigenvalue weighted by Gasteiger charge is -2.07. The van der Waals surface area contributed by atoms with Crippen LogP contribution in [0.4, 0.5) is 10.1 Å². The summed E-state index contributed by atoms with van der Waals surface area (Å²) in [7, 11) is 0. The van der Waals surface area contributed by atoms with Crippen molar-refractivity contribution in [2.75, 3.05) is 5.32 Å². The molecule has 0 amide bonds. The zero-order valence-corrected chi connectivity index (χ0v) is 10.0. The lowest BCUT2D eigenvalue weighted by molar-refractivity contribution is 0.630. The fourth-order valence-corrected chi connectivity index (χ4v) is 1.69. The normalized spacial score (nSPS) is 10.1. The average Bonchev–Trinajstić information content (AvgIpc) is 2.32. The van der Waals surface area contributed by atoms with Crippen LogP contribution in [0.25, 0.3) is 0 Å². The smallest absolute Gasteiger partial charge is 0.146 e. The summed E-state index contributed by atoms with van der Waals surface area (Å²) in [5.41, 5.74) is 1.50. The average molecular weight is 281 g/mol. The molecule has 82 valence electrons. The molecule has 0 saturated carbocycles. The van der Waals surface area contributed by atoms with E-state index in [1.165, 1.54) is 6.07 Å². The Balaban J connectivity index is 2.08. The molecule has 1 heterocycles. The first-order valence-electron chi connectivity index (χ1n) is 4.83. The van der Waals surface area contributed by atoms with Gasteiger partial charge in [-0.1, -0.05) is 22.0 Å². The van der Waals surface area contributed by atoms with E-state index in [9.17, 15) is 4.39 Å². The number of pyridine rings is 1. The van der Waals surface area contributed by atoms with E-state index in [1.54, 1.807) is 24.5 Å². The van der Waals surface area contributed by atoms with Crippen molar-refractivity contribution in [1.82, 2.24) is 4.98 Å². The van der Waals surface area contributed by atoms with Crippen molar-refractivity contribution in [2.45, 2.75) is 6.54 Å². The van der Waals surface area contributed by atoms with E-state index in [1.807, 2.05) is 12.1 Å². The minimum atomic E-state index is -0.257. The van der Waals surface area contributed by atoms with Gasteiger partial charge >= 0.3 is 0 Å². The lowest BCUT2D eigenvalue weighted by Crippen LogP contribution is -2.01. The molecule has 0 aliphatic heterocycles. The van der Waals surface area contributed by atoms with Gasteiger partial charge in [-0.25, -0.2) is 4.39 Å². The molecule has 0 spiro atoms. The zero-order valence-electron chi connectivity index (χ0n) is 8.45. The Morgan fingerprint density at radius 2 is 2.19 bits per heavy atom. The van der Waals surface area contributed by atoms with E-state index in [0.29, 0.717) is 12.2 Å². The first kappa shape index (κ1) is 11.1. The Labute approximate surface area is 102 Å². The predicted octanol–water partition coefficient (Wildman–Crippen LogP) is 3.60. The first-order valence-corrected chi connectivity index (χ1v) is 5.63. The summed E-state index contributed by atoms with van der Waals surface area (Å²) in [6, 6.07) is 8.61. The third-order valence-corrected chi connectivity index (χ3v) is 2.63. The molecule has 0 saturated heterocycles. The molecule has 1 aromatic heterocycles. The molecule has 0 aliphatic carbocycles. The minimum absolute atomic E-state index is 0.257. The number of nitrogens with one attached hydrogen (secondary N) is 1. The van der Waals surface area contributed by atoms with Crippen molar-refractivity contribution in [3.05, 3.63) is 58.6 Å². The molecule has 2 aromatic rings. The van der Waals surface area contributed by atoms with Crippen LogP contribution in [0.15, 0.2) is 47.2 Å². The van der Waals surface area contributed by atoms with Gasteiger partial charge in [0.2, 0.25) is 0 Å². The van der Waals surface area contributed by atoms with Crippen LogP contribution in [0, 0.1) is 5.82 Å². The number of aromatic nitrogens is 1. The van der Waals surface area contributed by atoms with Gasteiger partial charge in [0.05, 0.1) is 5.69 Å². The number of hydrogen-bond donors (Lipinski definition) is 1. The van der Waals surface area contributed by atoms with E-state index < -0.39 is 0 Å². The summed E-state index contributed by atoms with van der Waals surface area (Å²) in [5, 5.41) is 3.03. The van der Waals surface area contributed by atoms with E-state index in [2.05, 4.69) is 26.2 Å². The number of benzene rings is 1. The molecule has 0 radical (unpaired) electrons. The Morgan fingerprint density at radius 3 is 2.94 bits per heavy atom. The Bertz CT molecular complexity index is 474. The van der Waals surface area contributed by atoms with Gasteiger partial charge < -0.3 is 5.32 Å². The summed E-state index contributed by atoms with van der Waals surface area (Å²) in [5.74, 6) is -0.257. The summed E-state index contributed by atoms with van der Waals surface area (Å²) < 4.78 is 14.2. The highest BCUT2D eigenvalue weighted by molar-refractivity contribution is 9.10.